The van der Waals surface area contributed by atoms with E-state index in [4.69, 9.17) is 4.74 Å². The second kappa shape index (κ2) is 10.9. The number of benzene rings is 2. The maximum atomic E-state index is 12.7. The van der Waals surface area contributed by atoms with Gasteiger partial charge in [-0.2, -0.15) is 0 Å². The minimum Gasteiger partial charge on any atom is -0.450 e. The number of nitrogens with one attached hydrogen (secondary N) is 1. The van der Waals surface area contributed by atoms with Crippen molar-refractivity contribution < 1.29 is 19.1 Å². The van der Waals surface area contributed by atoms with Crippen LogP contribution in [0.4, 0.5) is 10.5 Å². The molecule has 180 valence electrons. The standard InChI is InChI=1S/C27H28N4O4/c1-3-35-27(34)29-23-10-12-24-21(18-23)8-9-22(28-24)11-13-25(32)19-4-6-20(7-5-19)26(33)31-16-14-30(2)15-17-31/h4-13,18H,3,14-17H2,1-2H3,(H,29,34). The highest BCUT2D eigenvalue weighted by molar-refractivity contribution is 6.07. The minimum absolute atomic E-state index is 0.00591. The highest BCUT2D eigenvalue weighted by Crippen LogP contribution is 2.19. The Labute approximate surface area is 204 Å². The molecule has 8 heteroatoms. The van der Waals surface area contributed by atoms with Crippen LogP contribution in [0.5, 0.6) is 0 Å². The number of carbonyl (C=O) groups excluding carboxylic acids is 3. The first-order valence-corrected chi connectivity index (χ1v) is 11.6. The van der Waals surface area contributed by atoms with Gasteiger partial charge in [0.05, 0.1) is 17.8 Å². The number of aromatic nitrogens is 1. The summed E-state index contributed by atoms with van der Waals surface area (Å²) in [6, 6.07) is 15.8. The number of pyridine rings is 1. The maximum absolute atomic E-state index is 12.7. The third-order valence-electron chi connectivity index (χ3n) is 5.84. The van der Waals surface area contributed by atoms with Crippen molar-refractivity contribution in [3.63, 3.8) is 0 Å². The van der Waals surface area contributed by atoms with Crippen LogP contribution < -0.4 is 5.32 Å². The molecule has 8 nitrogen and oxygen atoms in total. The second-order valence-corrected chi connectivity index (χ2v) is 8.36. The van der Waals surface area contributed by atoms with Crippen molar-refractivity contribution in [1.29, 1.82) is 0 Å². The van der Waals surface area contributed by atoms with Crippen LogP contribution in [0, 0.1) is 0 Å². The van der Waals surface area contributed by atoms with Crippen LogP contribution in [0.3, 0.4) is 0 Å². The number of amides is 2. The smallest absolute Gasteiger partial charge is 0.411 e. The van der Waals surface area contributed by atoms with Gasteiger partial charge in [-0.1, -0.05) is 18.2 Å². The van der Waals surface area contributed by atoms with Gasteiger partial charge in [0.15, 0.2) is 5.78 Å². The molecule has 1 aliphatic rings. The van der Waals surface area contributed by atoms with Crippen molar-refractivity contribution in [2.24, 2.45) is 0 Å². The predicted octanol–water partition coefficient (Wildman–Crippen LogP) is 4.09. The van der Waals surface area contributed by atoms with Gasteiger partial charge in [-0.25, -0.2) is 9.78 Å². The van der Waals surface area contributed by atoms with E-state index in [1.807, 2.05) is 24.1 Å². The largest absolute Gasteiger partial charge is 0.450 e. The van der Waals surface area contributed by atoms with E-state index in [-0.39, 0.29) is 11.7 Å². The van der Waals surface area contributed by atoms with E-state index < -0.39 is 6.09 Å². The van der Waals surface area contributed by atoms with E-state index in [9.17, 15) is 14.4 Å². The maximum Gasteiger partial charge on any atom is 0.411 e. The van der Waals surface area contributed by atoms with E-state index in [0.717, 1.165) is 24.0 Å². The summed E-state index contributed by atoms with van der Waals surface area (Å²) in [5, 5.41) is 3.52. The summed E-state index contributed by atoms with van der Waals surface area (Å²) in [6.45, 7) is 5.19. The van der Waals surface area contributed by atoms with Gasteiger partial charge in [0, 0.05) is 48.4 Å². The fraction of sp³-hybridized carbons (Fsp3) is 0.259. The highest BCUT2D eigenvalue weighted by Gasteiger charge is 2.20. The van der Waals surface area contributed by atoms with E-state index in [2.05, 4.69) is 15.2 Å². The van der Waals surface area contributed by atoms with Gasteiger partial charge in [0.1, 0.15) is 0 Å². The Morgan fingerprint density at radius 2 is 1.69 bits per heavy atom. The van der Waals surface area contributed by atoms with Crippen LogP contribution >= 0.6 is 0 Å². The zero-order chi connectivity index (χ0) is 24.8. The third-order valence-corrected chi connectivity index (χ3v) is 5.84. The number of hydrogen-bond acceptors (Lipinski definition) is 6. The summed E-state index contributed by atoms with van der Waals surface area (Å²) in [6.07, 6.45) is 2.63. The first-order chi connectivity index (χ1) is 16.9. The summed E-state index contributed by atoms with van der Waals surface area (Å²) in [7, 11) is 2.05. The quantitative estimate of drug-likeness (QED) is 0.429. The molecular weight excluding hydrogens is 444 g/mol. The molecule has 1 N–H and O–H groups in total. The SMILES string of the molecule is CCOC(=O)Nc1ccc2nc(C=CC(=O)c3ccc(C(=O)N4CCN(C)CC4)cc3)ccc2c1. The van der Waals surface area contributed by atoms with Gasteiger partial charge in [0.25, 0.3) is 5.91 Å². The molecule has 0 aliphatic carbocycles. The molecule has 0 bridgehead atoms. The number of ketones is 1. The van der Waals surface area contributed by atoms with Crippen molar-refractivity contribution in [3.8, 4) is 0 Å². The lowest BCUT2D eigenvalue weighted by molar-refractivity contribution is 0.0663. The number of hydrogen-bond donors (Lipinski definition) is 1. The summed E-state index contributed by atoms with van der Waals surface area (Å²) in [5.41, 5.74) is 3.08. The Kier molecular flexibility index (Phi) is 7.52. The highest BCUT2D eigenvalue weighted by atomic mass is 16.5. The van der Waals surface area contributed by atoms with Crippen LogP contribution in [-0.2, 0) is 4.74 Å². The number of ether oxygens (including phenoxy) is 1. The van der Waals surface area contributed by atoms with E-state index in [1.165, 1.54) is 6.08 Å². The first kappa shape index (κ1) is 24.1. The lowest BCUT2D eigenvalue weighted by Crippen LogP contribution is -2.47. The topological polar surface area (TPSA) is 91.8 Å². The summed E-state index contributed by atoms with van der Waals surface area (Å²) in [4.78, 5) is 45.5. The zero-order valence-electron chi connectivity index (χ0n) is 19.9. The Hall–Kier alpha value is -4.04. The fourth-order valence-electron chi connectivity index (χ4n) is 3.82. The Morgan fingerprint density at radius 1 is 0.971 bits per heavy atom. The van der Waals surface area contributed by atoms with Crippen molar-refractivity contribution in [2.45, 2.75) is 6.92 Å². The Morgan fingerprint density at radius 3 is 2.40 bits per heavy atom. The minimum atomic E-state index is -0.505. The lowest BCUT2D eigenvalue weighted by Gasteiger charge is -2.32. The molecule has 2 amide bonds. The molecule has 0 atom stereocenters. The van der Waals surface area contributed by atoms with E-state index >= 15 is 0 Å². The first-order valence-electron chi connectivity index (χ1n) is 11.6. The molecule has 0 saturated carbocycles. The van der Waals surface area contributed by atoms with Crippen LogP contribution in [0.2, 0.25) is 0 Å². The number of carbonyl (C=O) groups is 3. The molecule has 4 rings (SSSR count). The van der Waals surface area contributed by atoms with E-state index in [1.54, 1.807) is 55.5 Å². The van der Waals surface area contributed by atoms with Crippen molar-refractivity contribution in [1.82, 2.24) is 14.8 Å². The second-order valence-electron chi connectivity index (χ2n) is 8.36. The van der Waals surface area contributed by atoms with Gasteiger partial charge >= 0.3 is 6.09 Å². The van der Waals surface area contributed by atoms with Crippen LogP contribution in [-0.4, -0.2) is 72.4 Å². The molecule has 2 aromatic carbocycles. The van der Waals surface area contributed by atoms with E-state index in [0.29, 0.717) is 42.2 Å². The monoisotopic (exact) mass is 472 g/mol. The normalized spacial score (nSPS) is 14.3. The molecule has 1 fully saturated rings. The van der Waals surface area contributed by atoms with Crippen LogP contribution in [0.15, 0.2) is 60.7 Å². The average molecular weight is 473 g/mol. The van der Waals surface area contributed by atoms with Crippen LogP contribution in [0.25, 0.3) is 17.0 Å². The Balaban J connectivity index is 1.39. The van der Waals surface area contributed by atoms with Gasteiger partial charge in [-0.05, 0) is 62.5 Å². The number of allylic oxidation sites excluding steroid dienone is 1. The molecule has 0 spiro atoms. The van der Waals surface area contributed by atoms with Crippen LogP contribution in [0.1, 0.15) is 33.3 Å². The molecule has 1 saturated heterocycles. The van der Waals surface area contributed by atoms with Crippen molar-refractivity contribution in [2.75, 3.05) is 45.2 Å². The molecule has 0 radical (unpaired) electrons. The number of anilines is 1. The summed E-state index contributed by atoms with van der Waals surface area (Å²) in [5.74, 6) is -0.173. The molecule has 2 heterocycles. The summed E-state index contributed by atoms with van der Waals surface area (Å²) >= 11 is 0. The number of rotatable bonds is 6. The number of piperazine rings is 1. The molecule has 35 heavy (non-hydrogen) atoms. The molecular formula is C27H28N4O4. The van der Waals surface area contributed by atoms with Gasteiger partial charge in [0.2, 0.25) is 0 Å². The number of likely N-dealkylation sites (N-methyl/N-ethyl adjacent to an activating group) is 1. The molecule has 0 unspecified atom stereocenters. The molecule has 1 aliphatic heterocycles. The number of nitrogens with zero attached hydrogens (tertiary/aromatic N) is 3. The lowest BCUT2D eigenvalue weighted by atomic mass is 10.1. The van der Waals surface area contributed by atoms with Crippen molar-refractivity contribution in [3.05, 3.63) is 77.5 Å². The third kappa shape index (κ3) is 6.10. The molecule has 3 aromatic rings. The van der Waals surface area contributed by atoms with Crippen molar-refractivity contribution >= 4 is 40.4 Å². The Bertz CT molecular complexity index is 1260. The summed E-state index contributed by atoms with van der Waals surface area (Å²) < 4.78 is 4.89. The zero-order valence-corrected chi connectivity index (χ0v) is 19.9. The van der Waals surface area contributed by atoms with Gasteiger partial charge in [-0.3, -0.25) is 14.9 Å². The fourth-order valence-corrected chi connectivity index (χ4v) is 3.82. The van der Waals surface area contributed by atoms with Gasteiger partial charge in [-0.15, -0.1) is 0 Å². The predicted molar refractivity (Wildman–Crippen MR) is 136 cm³/mol. The molecule has 1 aromatic heterocycles. The average Bonchev–Trinajstić information content (AvgIpc) is 2.87. The number of fused-ring (bicyclic) bond motifs is 1. The van der Waals surface area contributed by atoms with Gasteiger partial charge < -0.3 is 14.5 Å².